The van der Waals surface area contributed by atoms with Gasteiger partial charge >= 0.3 is 0 Å². The van der Waals surface area contributed by atoms with E-state index in [0.717, 1.165) is 123 Å². The maximum atomic E-state index is 13.4. The highest BCUT2D eigenvalue weighted by atomic mass is 35.5. The third kappa shape index (κ3) is 11.8. The fourth-order valence-electron chi connectivity index (χ4n) is 13.9. The fraction of sp³-hybridized carbons (Fsp3) is 0.492. The molecule has 4 aliphatic heterocycles. The predicted octanol–water partition coefficient (Wildman–Crippen LogP) is 10.2. The highest BCUT2D eigenvalue weighted by Crippen LogP contribution is 2.49. The molecule has 4 bridgehead atoms. The van der Waals surface area contributed by atoms with E-state index in [1.54, 1.807) is 12.1 Å². The molecule has 0 saturated heterocycles. The van der Waals surface area contributed by atoms with E-state index in [4.69, 9.17) is 32.7 Å². The Balaban J connectivity index is 0.000000167. The van der Waals surface area contributed by atoms with Crippen LogP contribution in [0, 0.1) is 23.7 Å². The molecular weight excluding hydrogens is 1080 g/mol. The van der Waals surface area contributed by atoms with Crippen LogP contribution in [-0.4, -0.2) is 105 Å². The lowest BCUT2D eigenvalue weighted by Crippen LogP contribution is -2.49. The molecule has 2 amide bonds. The summed E-state index contributed by atoms with van der Waals surface area (Å²) < 4.78 is 44.9. The molecule has 8 aliphatic rings. The van der Waals surface area contributed by atoms with Gasteiger partial charge in [0.25, 0.3) is 11.8 Å². The summed E-state index contributed by atoms with van der Waals surface area (Å²) in [6.07, 6.45) is 19.6. The van der Waals surface area contributed by atoms with Gasteiger partial charge in [-0.15, -0.1) is 0 Å². The number of aryl methyl sites for hydroxylation is 2. The van der Waals surface area contributed by atoms with Crippen LogP contribution >= 0.6 is 23.2 Å². The number of hydrogen-bond donors (Lipinski definition) is 4. The number of aliphatic hydroxyl groups is 2. The van der Waals surface area contributed by atoms with Crippen LogP contribution in [0.15, 0.2) is 97.1 Å². The Morgan fingerprint density at radius 2 is 1.13 bits per heavy atom. The lowest BCUT2D eigenvalue weighted by molar-refractivity contribution is 0.0454. The first kappa shape index (κ1) is 55.9. The standard InChI is InChI=1S/C32H39ClN2O4S.C31H37ClN2O4S/c1-21-6-3-4-8-29(36)26-12-9-24(26)18-35-19-32(15-5-7-22-16-25(33)11-13-27(22)32)20-39-30-14-10-23(17-28(30)35)31(37)34-40(21,2)38;1-39(37)15-4-2-3-7-28(35)25-11-8-23(25)18-34-19-31(14-5-6-21-16-24(32)10-12-26(21)31)20-38-29-13-9-22(17-27(29)34)30(36)33-39/h4,8,10-11,13-14,16-17,21,24,26,29,36H,2-3,5-7,9,12,15,18-20H2,1H3,(H,34,37,38);3,7,9-10,12-13,16-17,23,25,28,35H,1-2,4-6,8,11,14-15,18-20H2,(H,33,36,37)/b8-4+;7-3+/t21-,24+,26-,29+,32+,40?;23-,25+,28-,31-,39?/m10/s1. The van der Waals surface area contributed by atoms with Crippen molar-refractivity contribution in [2.24, 2.45) is 23.7 Å². The molecule has 4 aromatic carbocycles. The van der Waals surface area contributed by atoms with Gasteiger partial charge in [-0.25, -0.2) is 8.42 Å². The smallest absolute Gasteiger partial charge is 0.262 e. The number of carbonyl (C=O) groups is 2. The average molecular weight is 1150 g/mol. The summed E-state index contributed by atoms with van der Waals surface area (Å²) in [5, 5.41) is 23.3. The minimum Gasteiger partial charge on any atom is -0.490 e. The van der Waals surface area contributed by atoms with Gasteiger partial charge in [-0.2, -0.15) is 0 Å². The molecule has 0 radical (unpaired) electrons. The second kappa shape index (κ2) is 22.8. The molecule has 16 heteroatoms. The number of allylic oxidation sites excluding steroid dienone is 2. The highest BCUT2D eigenvalue weighted by Gasteiger charge is 2.46. The molecule has 2 unspecified atom stereocenters. The molecule has 422 valence electrons. The number of carbonyl (C=O) groups excluding carboxylic acids is 2. The second-order valence-electron chi connectivity index (χ2n) is 24.0. The molecule has 4 N–H and O–H groups in total. The number of rotatable bonds is 0. The molecule has 2 spiro atoms. The quantitative estimate of drug-likeness (QED) is 0.0987. The summed E-state index contributed by atoms with van der Waals surface area (Å²) in [5.41, 5.74) is 7.36. The number of nitrogens with zero attached hydrogens (tertiary/aromatic N) is 2. The molecule has 2 saturated carbocycles. The lowest BCUT2D eigenvalue weighted by atomic mass is 9.68. The molecule has 79 heavy (non-hydrogen) atoms. The number of aliphatic hydroxyl groups excluding tert-OH is 2. The Hall–Kier alpha value is -4.96. The Bertz CT molecular complexity index is 3280. The number of hydrogen-bond acceptors (Lipinski definition) is 10. The normalized spacial score (nSPS) is 34.2. The maximum absolute atomic E-state index is 13.4. The highest BCUT2D eigenvalue weighted by molar-refractivity contribution is 7.99. The number of nitrogens with one attached hydrogen (secondary N) is 2. The van der Waals surface area contributed by atoms with Gasteiger partial charge in [-0.3, -0.25) is 19.0 Å². The number of fused-ring (bicyclic) bond motifs is 8. The van der Waals surface area contributed by atoms with Gasteiger partial charge in [0, 0.05) is 78.9 Å². The molecule has 2 fully saturated rings. The first-order valence-corrected chi connectivity index (χ1v) is 33.0. The third-order valence-corrected chi connectivity index (χ3v) is 22.8. The van der Waals surface area contributed by atoms with Crippen molar-refractivity contribution < 1.29 is 37.7 Å². The second-order valence-corrected chi connectivity index (χ2v) is 29.6. The van der Waals surface area contributed by atoms with Crippen LogP contribution in [0.3, 0.4) is 0 Å². The number of ether oxygens (including phenoxy) is 2. The van der Waals surface area contributed by atoms with Gasteiger partial charge in [0.2, 0.25) is 0 Å². The molecule has 12 nitrogen and oxygen atoms in total. The molecule has 11 atom stereocenters. The van der Waals surface area contributed by atoms with Crippen LogP contribution in [0.25, 0.3) is 0 Å². The molecule has 0 aromatic heterocycles. The molecular formula is C63H76Cl2N4O8S2. The van der Waals surface area contributed by atoms with E-state index in [9.17, 15) is 28.2 Å². The van der Waals surface area contributed by atoms with Crippen molar-refractivity contribution in [2.45, 2.75) is 125 Å². The van der Waals surface area contributed by atoms with Crippen molar-refractivity contribution in [2.75, 3.05) is 54.9 Å². The third-order valence-electron chi connectivity index (χ3n) is 18.8. The van der Waals surface area contributed by atoms with Crippen LogP contribution in [0.2, 0.25) is 10.0 Å². The van der Waals surface area contributed by atoms with Crippen molar-refractivity contribution in [3.8, 4) is 11.5 Å². The summed E-state index contributed by atoms with van der Waals surface area (Å²) in [6.45, 7) is 5.98. The number of benzene rings is 4. The minimum absolute atomic E-state index is 0.186. The monoisotopic (exact) mass is 1150 g/mol. The van der Waals surface area contributed by atoms with E-state index in [2.05, 4.69) is 55.3 Å². The summed E-state index contributed by atoms with van der Waals surface area (Å²) in [4.78, 5) is 31.3. The van der Waals surface area contributed by atoms with Crippen LogP contribution in [0.4, 0.5) is 11.4 Å². The van der Waals surface area contributed by atoms with E-state index in [1.807, 2.05) is 67.6 Å². The first-order chi connectivity index (χ1) is 37.9. The van der Waals surface area contributed by atoms with Gasteiger partial charge in [0.1, 0.15) is 11.5 Å². The van der Waals surface area contributed by atoms with E-state index in [0.29, 0.717) is 61.9 Å². The molecule has 12 rings (SSSR count). The van der Waals surface area contributed by atoms with Crippen molar-refractivity contribution in [3.63, 3.8) is 0 Å². The zero-order chi connectivity index (χ0) is 55.3. The van der Waals surface area contributed by atoms with Crippen molar-refractivity contribution >= 4 is 77.5 Å². The molecule has 4 heterocycles. The van der Waals surface area contributed by atoms with E-state index in [1.165, 1.54) is 22.3 Å². The summed E-state index contributed by atoms with van der Waals surface area (Å²) >= 11 is 12.8. The predicted molar refractivity (Wildman–Crippen MR) is 321 cm³/mol. The SMILES string of the molecule is C=S1(=O)CCC/C=C/[C@H](O)[C@@H]2CC[C@H]2CN2C[C@@]3(CCCc4cc(Cl)ccc43)COc3ccc(cc32)C(=O)N1.C=S1(=O)NC(=O)c2ccc3c(c2)N(C[C@@H]2CC[C@H]2[C@@H](O)/C=C/CC[C@H]1C)C[C@@]1(CCCc2cc(Cl)ccc21)CO3. The van der Waals surface area contributed by atoms with Gasteiger partial charge < -0.3 is 29.5 Å². The number of anilines is 2. The summed E-state index contributed by atoms with van der Waals surface area (Å²) in [7, 11) is -5.64. The Morgan fingerprint density at radius 3 is 1.62 bits per heavy atom. The average Bonchev–Trinajstić information content (AvgIpc) is 3.68. The molecule has 4 aromatic rings. The zero-order valence-electron chi connectivity index (χ0n) is 45.4. The van der Waals surface area contributed by atoms with E-state index in [-0.39, 0.29) is 45.5 Å². The van der Waals surface area contributed by atoms with Gasteiger partial charge in [-0.1, -0.05) is 59.6 Å². The van der Waals surface area contributed by atoms with Crippen LogP contribution in [0.5, 0.6) is 11.5 Å². The Kier molecular flexibility index (Phi) is 16.1. The topological polar surface area (TPSA) is 158 Å². The fourth-order valence-corrected chi connectivity index (χ4v) is 16.7. The minimum atomic E-state index is -2.86. The summed E-state index contributed by atoms with van der Waals surface area (Å²) in [5.74, 6) is 9.76. The zero-order valence-corrected chi connectivity index (χ0v) is 48.5. The first-order valence-electron chi connectivity index (χ1n) is 28.5. The maximum Gasteiger partial charge on any atom is 0.262 e. The Labute approximate surface area is 477 Å². The van der Waals surface area contributed by atoms with Gasteiger partial charge in [0.15, 0.2) is 0 Å². The van der Waals surface area contributed by atoms with Crippen molar-refractivity contribution in [1.29, 1.82) is 0 Å². The Morgan fingerprint density at radius 1 is 0.633 bits per heavy atom. The van der Waals surface area contributed by atoms with Gasteiger partial charge in [0.05, 0.1) is 46.5 Å². The van der Waals surface area contributed by atoms with E-state index >= 15 is 0 Å². The van der Waals surface area contributed by atoms with Crippen molar-refractivity contribution in [1.82, 2.24) is 9.44 Å². The number of halogens is 2. The van der Waals surface area contributed by atoms with Gasteiger partial charge in [-0.05, 0) is 215 Å². The number of amides is 2. The van der Waals surface area contributed by atoms with Crippen molar-refractivity contribution in [3.05, 3.63) is 141 Å². The largest absolute Gasteiger partial charge is 0.490 e. The summed E-state index contributed by atoms with van der Waals surface area (Å²) in [6, 6.07) is 23.5. The van der Waals surface area contributed by atoms with Crippen LogP contribution in [-0.2, 0) is 43.1 Å². The molecule has 4 aliphatic carbocycles. The lowest BCUT2D eigenvalue weighted by Gasteiger charge is -2.45. The van der Waals surface area contributed by atoms with Crippen LogP contribution in [0.1, 0.15) is 127 Å². The van der Waals surface area contributed by atoms with Crippen LogP contribution < -0.4 is 28.7 Å². The van der Waals surface area contributed by atoms with E-state index < -0.39 is 31.6 Å².